The molecule has 0 aliphatic heterocycles. The number of hydrogen-bond donors (Lipinski definition) is 2. The predicted molar refractivity (Wildman–Crippen MR) is 106 cm³/mol. The van der Waals surface area contributed by atoms with Crippen molar-refractivity contribution in [2.24, 2.45) is 0 Å². The SMILES string of the molecule is CC(C)OC(Cc1cccc(CNC(=O)OCc2ccc(C(F)(F)F)cc2F)c1)C(=O)O. The summed E-state index contributed by atoms with van der Waals surface area (Å²) in [6.45, 7) is 2.98. The topological polar surface area (TPSA) is 84.9 Å². The Hall–Kier alpha value is -3.14. The second kappa shape index (κ2) is 10.9. The minimum absolute atomic E-state index is 0.0466. The fourth-order valence-corrected chi connectivity index (χ4v) is 2.81. The number of carbonyl (C=O) groups is 2. The smallest absolute Gasteiger partial charge is 0.416 e. The minimum atomic E-state index is -4.67. The summed E-state index contributed by atoms with van der Waals surface area (Å²) in [6.07, 6.45) is -6.69. The molecule has 1 unspecified atom stereocenters. The molecular weight excluding hydrogens is 434 g/mol. The van der Waals surface area contributed by atoms with Crippen LogP contribution in [0.3, 0.4) is 0 Å². The highest BCUT2D eigenvalue weighted by Gasteiger charge is 2.31. The summed E-state index contributed by atoms with van der Waals surface area (Å²) in [5, 5.41) is 11.7. The van der Waals surface area contributed by atoms with Crippen molar-refractivity contribution < 1.29 is 41.7 Å². The summed E-state index contributed by atoms with van der Waals surface area (Å²) in [6, 6.07) is 8.80. The number of carboxylic acids is 1. The van der Waals surface area contributed by atoms with Gasteiger partial charge < -0.3 is 19.9 Å². The third-order valence-electron chi connectivity index (χ3n) is 4.30. The van der Waals surface area contributed by atoms with Gasteiger partial charge in [0, 0.05) is 18.5 Å². The van der Waals surface area contributed by atoms with Gasteiger partial charge >= 0.3 is 18.2 Å². The van der Waals surface area contributed by atoms with E-state index in [2.05, 4.69) is 5.32 Å². The number of halogens is 4. The van der Waals surface area contributed by atoms with Crippen LogP contribution in [0.15, 0.2) is 42.5 Å². The first-order valence-electron chi connectivity index (χ1n) is 9.68. The summed E-state index contributed by atoms with van der Waals surface area (Å²) in [7, 11) is 0. The van der Waals surface area contributed by atoms with Crippen molar-refractivity contribution in [1.82, 2.24) is 5.32 Å². The van der Waals surface area contributed by atoms with Crippen molar-refractivity contribution in [3.05, 3.63) is 70.5 Å². The summed E-state index contributed by atoms with van der Waals surface area (Å²) in [5.41, 5.74) is 0.0263. The molecule has 2 N–H and O–H groups in total. The van der Waals surface area contributed by atoms with Crippen molar-refractivity contribution in [3.8, 4) is 0 Å². The molecule has 6 nitrogen and oxygen atoms in total. The van der Waals surface area contributed by atoms with Crippen LogP contribution in [0, 0.1) is 5.82 Å². The number of carbonyl (C=O) groups excluding carboxylic acids is 1. The standard InChI is InChI=1S/C22H23F4NO5/c1-13(2)32-19(20(28)29)9-14-4-3-5-15(8-14)11-27-21(30)31-12-16-6-7-17(10-18(16)23)22(24,25)26/h3-8,10,13,19H,9,11-12H2,1-2H3,(H,27,30)(H,28,29). The first-order valence-corrected chi connectivity index (χ1v) is 9.68. The first-order chi connectivity index (χ1) is 15.0. The molecule has 0 aliphatic carbocycles. The number of nitrogens with one attached hydrogen (secondary N) is 1. The number of ether oxygens (including phenoxy) is 2. The number of aliphatic carboxylic acids is 1. The Labute approximate surface area is 182 Å². The third-order valence-corrected chi connectivity index (χ3v) is 4.30. The molecule has 10 heteroatoms. The molecule has 2 aromatic rings. The molecule has 2 rings (SSSR count). The van der Waals surface area contributed by atoms with E-state index in [0.717, 1.165) is 6.07 Å². The maximum Gasteiger partial charge on any atom is 0.416 e. The Balaban J connectivity index is 1.89. The lowest BCUT2D eigenvalue weighted by Crippen LogP contribution is -2.29. The quantitative estimate of drug-likeness (QED) is 0.534. The fourth-order valence-electron chi connectivity index (χ4n) is 2.81. The molecule has 1 atom stereocenters. The largest absolute Gasteiger partial charge is 0.479 e. The van der Waals surface area contributed by atoms with Crippen LogP contribution in [0.4, 0.5) is 22.4 Å². The highest BCUT2D eigenvalue weighted by Crippen LogP contribution is 2.30. The van der Waals surface area contributed by atoms with E-state index in [1.165, 1.54) is 0 Å². The lowest BCUT2D eigenvalue weighted by molar-refractivity contribution is -0.153. The predicted octanol–water partition coefficient (Wildman–Crippen LogP) is 4.69. The number of rotatable bonds is 9. The lowest BCUT2D eigenvalue weighted by Gasteiger charge is -2.17. The van der Waals surface area contributed by atoms with E-state index in [4.69, 9.17) is 9.47 Å². The van der Waals surface area contributed by atoms with E-state index >= 15 is 0 Å². The van der Waals surface area contributed by atoms with Gasteiger partial charge in [-0.15, -0.1) is 0 Å². The molecule has 0 saturated heterocycles. The summed E-state index contributed by atoms with van der Waals surface area (Å²) < 4.78 is 61.8. The van der Waals surface area contributed by atoms with Gasteiger partial charge in [-0.3, -0.25) is 0 Å². The van der Waals surface area contributed by atoms with Gasteiger partial charge in [0.15, 0.2) is 6.10 Å². The Morgan fingerprint density at radius 1 is 1.09 bits per heavy atom. The number of hydrogen-bond acceptors (Lipinski definition) is 4. The monoisotopic (exact) mass is 457 g/mol. The summed E-state index contributed by atoms with van der Waals surface area (Å²) >= 11 is 0. The molecule has 2 aromatic carbocycles. The molecule has 0 aromatic heterocycles. The Bertz CT molecular complexity index is 946. The van der Waals surface area contributed by atoms with Gasteiger partial charge in [0.25, 0.3) is 0 Å². The van der Waals surface area contributed by atoms with Crippen molar-refractivity contribution in [2.75, 3.05) is 0 Å². The molecule has 174 valence electrons. The van der Waals surface area contributed by atoms with E-state index < -0.39 is 42.3 Å². The number of amides is 1. The molecule has 1 amide bonds. The second-order valence-corrected chi connectivity index (χ2v) is 7.27. The maximum absolute atomic E-state index is 13.8. The number of benzene rings is 2. The molecule has 0 aliphatic rings. The average Bonchev–Trinajstić information content (AvgIpc) is 2.70. The lowest BCUT2D eigenvalue weighted by atomic mass is 10.0. The van der Waals surface area contributed by atoms with Gasteiger partial charge in [-0.2, -0.15) is 13.2 Å². The second-order valence-electron chi connectivity index (χ2n) is 7.27. The van der Waals surface area contributed by atoms with Gasteiger partial charge in [-0.05, 0) is 37.1 Å². The Morgan fingerprint density at radius 2 is 1.78 bits per heavy atom. The zero-order chi connectivity index (χ0) is 23.9. The number of alkyl carbamates (subject to hydrolysis) is 1. The van der Waals surface area contributed by atoms with Crippen LogP contribution in [0.25, 0.3) is 0 Å². The average molecular weight is 457 g/mol. The third kappa shape index (κ3) is 7.84. The first kappa shape index (κ1) is 25.1. The van der Waals surface area contributed by atoms with Crippen LogP contribution in [0.1, 0.15) is 36.1 Å². The molecule has 32 heavy (non-hydrogen) atoms. The van der Waals surface area contributed by atoms with Crippen LogP contribution >= 0.6 is 0 Å². The normalized spacial score (nSPS) is 12.5. The van der Waals surface area contributed by atoms with Crippen LogP contribution in [-0.4, -0.2) is 29.4 Å². The van der Waals surface area contributed by atoms with E-state index in [0.29, 0.717) is 23.3 Å². The van der Waals surface area contributed by atoms with Crippen molar-refractivity contribution in [3.63, 3.8) is 0 Å². The Morgan fingerprint density at radius 3 is 2.38 bits per heavy atom. The summed E-state index contributed by atoms with van der Waals surface area (Å²) in [5.74, 6) is -2.21. The molecule has 0 bridgehead atoms. The van der Waals surface area contributed by atoms with E-state index in [9.17, 15) is 32.3 Å². The van der Waals surface area contributed by atoms with Gasteiger partial charge in [0.1, 0.15) is 12.4 Å². The van der Waals surface area contributed by atoms with Gasteiger partial charge in [-0.25, -0.2) is 14.0 Å². The van der Waals surface area contributed by atoms with E-state index in [1.54, 1.807) is 38.1 Å². The maximum atomic E-state index is 13.8. The van der Waals surface area contributed by atoms with Gasteiger partial charge in [0.2, 0.25) is 0 Å². The Kier molecular flexibility index (Phi) is 8.59. The van der Waals surface area contributed by atoms with Crippen molar-refractivity contribution >= 4 is 12.1 Å². The van der Waals surface area contributed by atoms with E-state index in [-0.39, 0.29) is 24.6 Å². The molecular formula is C22H23F4NO5. The molecule has 0 spiro atoms. The van der Waals surface area contributed by atoms with Crippen LogP contribution in [0.5, 0.6) is 0 Å². The van der Waals surface area contributed by atoms with Crippen LogP contribution in [0.2, 0.25) is 0 Å². The van der Waals surface area contributed by atoms with Crippen molar-refractivity contribution in [2.45, 2.75) is 51.8 Å². The van der Waals surface area contributed by atoms with Gasteiger partial charge in [-0.1, -0.05) is 30.3 Å². The van der Waals surface area contributed by atoms with Crippen molar-refractivity contribution in [1.29, 1.82) is 0 Å². The molecule has 0 radical (unpaired) electrons. The minimum Gasteiger partial charge on any atom is -0.479 e. The fraction of sp³-hybridized carbons (Fsp3) is 0.364. The van der Waals surface area contributed by atoms with E-state index in [1.807, 2.05) is 0 Å². The zero-order valence-electron chi connectivity index (χ0n) is 17.4. The highest BCUT2D eigenvalue weighted by molar-refractivity contribution is 5.72. The highest BCUT2D eigenvalue weighted by atomic mass is 19.4. The number of alkyl halides is 3. The zero-order valence-corrected chi connectivity index (χ0v) is 17.4. The van der Waals surface area contributed by atoms with Gasteiger partial charge in [0.05, 0.1) is 11.7 Å². The van der Waals surface area contributed by atoms with Crippen LogP contribution in [-0.2, 0) is 40.0 Å². The summed E-state index contributed by atoms with van der Waals surface area (Å²) in [4.78, 5) is 23.2. The van der Waals surface area contributed by atoms with Crippen LogP contribution < -0.4 is 5.32 Å². The number of carboxylic acid groups (broad SMARTS) is 1. The molecule has 0 fully saturated rings. The molecule has 0 heterocycles. The molecule has 0 saturated carbocycles.